The molecule has 1 aliphatic carbocycles. The number of para-hydroxylation sites is 1. The van der Waals surface area contributed by atoms with Gasteiger partial charge in [-0.05, 0) is 62.1 Å². The molecule has 3 aromatic rings. The lowest BCUT2D eigenvalue weighted by Gasteiger charge is -2.48. The van der Waals surface area contributed by atoms with Crippen molar-refractivity contribution in [1.82, 2.24) is 0 Å². The molecule has 2 nitrogen and oxygen atoms in total. The first-order valence-corrected chi connectivity index (χ1v) is 11.1. The molecule has 1 spiro atoms. The highest BCUT2D eigenvalue weighted by atomic mass is 16.5. The third kappa shape index (κ3) is 2.96. The molecule has 1 aromatic heterocycles. The normalized spacial score (nSPS) is 19.7. The van der Waals surface area contributed by atoms with E-state index >= 15 is 0 Å². The zero-order valence-electron chi connectivity index (χ0n) is 18.2. The van der Waals surface area contributed by atoms with Crippen molar-refractivity contribution in [3.63, 3.8) is 0 Å². The van der Waals surface area contributed by atoms with Gasteiger partial charge in [-0.3, -0.25) is 0 Å². The fraction of sp³-hybridized carbons (Fsp3) is 0.444. The Bertz CT molecular complexity index is 1090. The van der Waals surface area contributed by atoms with Crippen LogP contribution in [0.1, 0.15) is 63.5 Å². The summed E-state index contributed by atoms with van der Waals surface area (Å²) in [5.41, 5.74) is 6.55. The third-order valence-corrected chi connectivity index (χ3v) is 7.28. The van der Waals surface area contributed by atoms with Crippen LogP contribution in [0.4, 0.5) is 0 Å². The largest absolute Gasteiger partial charge is 0.486 e. The average molecular weight is 387 g/mol. The Morgan fingerprint density at radius 3 is 2.45 bits per heavy atom. The summed E-state index contributed by atoms with van der Waals surface area (Å²) in [4.78, 5) is 0. The van der Waals surface area contributed by atoms with E-state index in [0.717, 1.165) is 12.2 Å². The van der Waals surface area contributed by atoms with Crippen LogP contribution in [0.25, 0.3) is 22.2 Å². The molecule has 0 bridgehead atoms. The molecule has 2 aliphatic rings. The van der Waals surface area contributed by atoms with Crippen LogP contribution in [-0.4, -0.2) is 5.60 Å². The number of aromatic nitrogens is 1. The molecule has 0 N–H and O–H groups in total. The molecule has 0 unspecified atom stereocenters. The van der Waals surface area contributed by atoms with Crippen LogP contribution in [0.5, 0.6) is 5.75 Å². The van der Waals surface area contributed by atoms with Crippen LogP contribution in [0.15, 0.2) is 48.5 Å². The summed E-state index contributed by atoms with van der Waals surface area (Å²) in [5.74, 6) is 1.13. The summed E-state index contributed by atoms with van der Waals surface area (Å²) in [5, 5.41) is 1.27. The van der Waals surface area contributed by atoms with Gasteiger partial charge in [0.25, 0.3) is 0 Å². The summed E-state index contributed by atoms with van der Waals surface area (Å²) in [6.07, 6.45) is 7.42. The number of rotatable bonds is 1. The molecular weight excluding hydrogens is 354 g/mol. The maximum atomic E-state index is 7.02. The minimum Gasteiger partial charge on any atom is -0.486 e. The van der Waals surface area contributed by atoms with Crippen molar-refractivity contribution < 1.29 is 9.30 Å². The molecule has 1 fully saturated rings. The zero-order chi connectivity index (χ0) is 20.2. The van der Waals surface area contributed by atoms with Crippen molar-refractivity contribution in [3.8, 4) is 17.0 Å². The molecule has 2 heteroatoms. The maximum Gasteiger partial charge on any atom is 0.216 e. The minimum atomic E-state index is 0.00666. The van der Waals surface area contributed by atoms with E-state index in [4.69, 9.17) is 4.74 Å². The molecule has 2 heterocycles. The van der Waals surface area contributed by atoms with E-state index in [1.165, 1.54) is 65.4 Å². The molecule has 29 heavy (non-hydrogen) atoms. The van der Waals surface area contributed by atoms with Crippen LogP contribution in [0.3, 0.4) is 0 Å². The molecule has 2 aromatic carbocycles. The van der Waals surface area contributed by atoms with Crippen LogP contribution < -0.4 is 9.30 Å². The Morgan fingerprint density at radius 1 is 0.897 bits per heavy atom. The second-order valence-electron chi connectivity index (χ2n) is 9.88. The summed E-state index contributed by atoms with van der Waals surface area (Å²) < 4.78 is 9.35. The summed E-state index contributed by atoms with van der Waals surface area (Å²) in [7, 11) is 2.18. The quantitative estimate of drug-likeness (QED) is 0.441. The van der Waals surface area contributed by atoms with Gasteiger partial charge in [-0.25, -0.2) is 0 Å². The van der Waals surface area contributed by atoms with Crippen molar-refractivity contribution in [3.05, 3.63) is 59.7 Å². The van der Waals surface area contributed by atoms with Gasteiger partial charge in [0.2, 0.25) is 11.2 Å². The smallest absolute Gasteiger partial charge is 0.216 e. The van der Waals surface area contributed by atoms with Gasteiger partial charge in [0.1, 0.15) is 18.4 Å². The monoisotopic (exact) mass is 386 g/mol. The molecule has 5 rings (SSSR count). The Balaban J connectivity index is 1.75. The van der Waals surface area contributed by atoms with Crippen molar-refractivity contribution in [2.75, 3.05) is 0 Å². The zero-order valence-corrected chi connectivity index (χ0v) is 18.2. The first-order chi connectivity index (χ1) is 13.9. The molecule has 1 saturated carbocycles. The van der Waals surface area contributed by atoms with Crippen molar-refractivity contribution in [2.45, 2.75) is 70.3 Å². The van der Waals surface area contributed by atoms with E-state index in [-0.39, 0.29) is 11.0 Å². The minimum absolute atomic E-state index is 0.00666. The molecular formula is C27H32NO+. The van der Waals surface area contributed by atoms with Gasteiger partial charge in [-0.2, -0.15) is 4.57 Å². The van der Waals surface area contributed by atoms with Gasteiger partial charge in [0.15, 0.2) is 0 Å². The molecule has 1 aliphatic heterocycles. The SMILES string of the molecule is Cc1ccc2c(c1-c1ccc3ccccc3[n+]1C)OC1(CCCCC1)CC2(C)C. The van der Waals surface area contributed by atoms with Crippen molar-refractivity contribution in [2.24, 2.45) is 7.05 Å². The van der Waals surface area contributed by atoms with E-state index < -0.39 is 0 Å². The lowest BCUT2D eigenvalue weighted by molar-refractivity contribution is -0.633. The Morgan fingerprint density at radius 2 is 1.66 bits per heavy atom. The van der Waals surface area contributed by atoms with Crippen LogP contribution in [0.2, 0.25) is 0 Å². The second-order valence-corrected chi connectivity index (χ2v) is 9.88. The molecule has 0 saturated heterocycles. The van der Waals surface area contributed by atoms with Gasteiger partial charge in [-0.1, -0.05) is 44.5 Å². The first kappa shape index (κ1) is 18.7. The van der Waals surface area contributed by atoms with Gasteiger partial charge >= 0.3 is 0 Å². The molecule has 0 amide bonds. The molecule has 0 atom stereocenters. The van der Waals surface area contributed by atoms with Gasteiger partial charge in [0, 0.05) is 23.1 Å². The lowest BCUT2D eigenvalue weighted by atomic mass is 9.67. The third-order valence-electron chi connectivity index (χ3n) is 7.28. The number of hydrogen-bond acceptors (Lipinski definition) is 1. The van der Waals surface area contributed by atoms with Gasteiger partial charge < -0.3 is 4.74 Å². The van der Waals surface area contributed by atoms with Crippen LogP contribution in [0, 0.1) is 6.92 Å². The van der Waals surface area contributed by atoms with E-state index in [1.54, 1.807) is 0 Å². The van der Waals surface area contributed by atoms with Gasteiger partial charge in [-0.15, -0.1) is 0 Å². The van der Waals surface area contributed by atoms with Gasteiger partial charge in [0.05, 0.1) is 5.56 Å². The first-order valence-electron chi connectivity index (χ1n) is 11.1. The number of fused-ring (bicyclic) bond motifs is 2. The average Bonchev–Trinajstić information content (AvgIpc) is 2.69. The van der Waals surface area contributed by atoms with Crippen molar-refractivity contribution in [1.29, 1.82) is 0 Å². The standard InChI is InChI=1S/C27H32NO/c1-19-12-14-21-25(29-27(18-26(21,2)3)16-8-5-9-17-27)24(19)23-15-13-20-10-6-7-11-22(20)28(23)4/h6-7,10-15H,5,8-9,16-18H2,1-4H3/q+1. The molecule has 150 valence electrons. The Labute approximate surface area is 174 Å². The van der Waals surface area contributed by atoms with Crippen molar-refractivity contribution >= 4 is 10.9 Å². The second kappa shape index (κ2) is 6.58. The van der Waals surface area contributed by atoms with E-state index in [1.807, 2.05) is 0 Å². The maximum absolute atomic E-state index is 7.02. The number of aryl methyl sites for hydroxylation is 2. The predicted molar refractivity (Wildman–Crippen MR) is 119 cm³/mol. The van der Waals surface area contributed by atoms with Crippen LogP contribution >= 0.6 is 0 Å². The highest BCUT2D eigenvalue weighted by Gasteiger charge is 2.46. The number of benzene rings is 2. The van der Waals surface area contributed by atoms with E-state index in [2.05, 4.69) is 80.9 Å². The number of pyridine rings is 1. The topological polar surface area (TPSA) is 13.1 Å². The predicted octanol–water partition coefficient (Wildman–Crippen LogP) is 6.40. The molecule has 0 radical (unpaired) electrons. The van der Waals surface area contributed by atoms with Crippen LogP contribution in [-0.2, 0) is 12.5 Å². The lowest BCUT2D eigenvalue weighted by Crippen LogP contribution is -2.47. The van der Waals surface area contributed by atoms with E-state index in [9.17, 15) is 0 Å². The summed E-state index contributed by atoms with van der Waals surface area (Å²) in [6, 6.07) is 17.7. The number of hydrogen-bond donors (Lipinski definition) is 0. The fourth-order valence-electron chi connectivity index (χ4n) is 5.86. The highest BCUT2D eigenvalue weighted by molar-refractivity contribution is 5.80. The Kier molecular flexibility index (Phi) is 4.24. The number of ether oxygens (including phenoxy) is 1. The summed E-state index contributed by atoms with van der Waals surface area (Å²) >= 11 is 0. The fourth-order valence-corrected chi connectivity index (χ4v) is 5.86. The van der Waals surface area contributed by atoms with E-state index in [0.29, 0.717) is 0 Å². The number of nitrogens with zero attached hydrogens (tertiary/aromatic N) is 1. The summed E-state index contributed by atoms with van der Waals surface area (Å²) in [6.45, 7) is 7.04. The highest BCUT2D eigenvalue weighted by Crippen LogP contribution is 2.53. The Hall–Kier alpha value is -2.35.